The summed E-state index contributed by atoms with van der Waals surface area (Å²) < 4.78 is 0. The molecule has 0 saturated carbocycles. The second kappa shape index (κ2) is 8.01. The molecule has 0 bridgehead atoms. The number of carbonyl (C=O) groups excluding carboxylic acids is 1. The van der Waals surface area contributed by atoms with Crippen molar-refractivity contribution in [1.29, 1.82) is 0 Å². The molecule has 1 aliphatic heterocycles. The van der Waals surface area contributed by atoms with Gasteiger partial charge in [0.15, 0.2) is 0 Å². The maximum atomic E-state index is 12.3. The molecule has 22 heavy (non-hydrogen) atoms. The van der Waals surface area contributed by atoms with Gasteiger partial charge in [-0.05, 0) is 13.5 Å². The number of piperazine rings is 1. The highest BCUT2D eigenvalue weighted by molar-refractivity contribution is 7.13. The van der Waals surface area contributed by atoms with Gasteiger partial charge in [-0.1, -0.05) is 6.92 Å². The van der Waals surface area contributed by atoms with Crippen molar-refractivity contribution in [2.45, 2.75) is 19.4 Å². The van der Waals surface area contributed by atoms with Gasteiger partial charge in [-0.2, -0.15) is 0 Å². The van der Waals surface area contributed by atoms with Crippen LogP contribution in [0, 0.1) is 0 Å². The predicted molar refractivity (Wildman–Crippen MR) is 88.4 cm³/mol. The second-order valence-electron chi connectivity index (χ2n) is 5.92. The smallest absolute Gasteiger partial charge is 0.265 e. The normalized spacial score (nSPS) is 18.4. The minimum absolute atomic E-state index is 0.0605. The fourth-order valence-electron chi connectivity index (χ4n) is 2.55. The zero-order valence-corrected chi connectivity index (χ0v) is 14.5. The number of hydrogen-bond donors (Lipinski definition) is 1. The molecule has 0 aromatic carbocycles. The Kier molecular flexibility index (Phi) is 6.31. The topological polar surface area (TPSA) is 59.9 Å². The number of aromatic nitrogens is 1. The molecule has 0 spiro atoms. The lowest BCUT2D eigenvalue weighted by atomic mass is 10.2. The van der Waals surface area contributed by atoms with Crippen molar-refractivity contribution in [1.82, 2.24) is 19.7 Å². The highest BCUT2D eigenvalue weighted by Gasteiger charge is 2.21. The molecule has 1 aliphatic rings. The van der Waals surface area contributed by atoms with Gasteiger partial charge in [-0.3, -0.25) is 9.69 Å². The first-order valence-corrected chi connectivity index (χ1v) is 8.60. The van der Waals surface area contributed by atoms with Crippen LogP contribution in [-0.2, 0) is 6.42 Å². The molecule has 124 valence electrons. The quantitative estimate of drug-likeness (QED) is 0.819. The Bertz CT molecular complexity index is 486. The first-order chi connectivity index (χ1) is 10.5. The molecule has 2 rings (SSSR count). The number of amides is 1. The van der Waals surface area contributed by atoms with Gasteiger partial charge in [0.2, 0.25) is 0 Å². The van der Waals surface area contributed by atoms with Gasteiger partial charge in [0.05, 0.1) is 17.3 Å². The molecule has 0 radical (unpaired) electrons. The van der Waals surface area contributed by atoms with E-state index < -0.39 is 6.10 Å². The van der Waals surface area contributed by atoms with E-state index in [1.807, 2.05) is 6.92 Å². The van der Waals surface area contributed by atoms with Crippen molar-refractivity contribution < 1.29 is 9.90 Å². The lowest BCUT2D eigenvalue weighted by molar-refractivity contribution is 0.0504. The van der Waals surface area contributed by atoms with Gasteiger partial charge in [0.25, 0.3) is 5.91 Å². The first-order valence-electron chi connectivity index (χ1n) is 7.78. The Morgan fingerprint density at radius 3 is 2.73 bits per heavy atom. The number of aliphatic hydroxyl groups excluding tert-OH is 1. The van der Waals surface area contributed by atoms with Crippen LogP contribution in [-0.4, -0.2) is 90.2 Å². The van der Waals surface area contributed by atoms with Crippen molar-refractivity contribution in [2.75, 3.05) is 53.4 Å². The molecule has 1 N–H and O–H groups in total. The Morgan fingerprint density at radius 1 is 1.45 bits per heavy atom. The average molecular weight is 326 g/mol. The van der Waals surface area contributed by atoms with Gasteiger partial charge in [0, 0.05) is 46.3 Å². The van der Waals surface area contributed by atoms with Crippen LogP contribution < -0.4 is 0 Å². The monoisotopic (exact) mass is 326 g/mol. The summed E-state index contributed by atoms with van der Waals surface area (Å²) in [5.41, 5.74) is 0. The summed E-state index contributed by atoms with van der Waals surface area (Å²) >= 11 is 1.43. The highest BCUT2D eigenvalue weighted by Crippen LogP contribution is 2.15. The lowest BCUT2D eigenvalue weighted by Crippen LogP contribution is -2.48. The lowest BCUT2D eigenvalue weighted by Gasteiger charge is -2.34. The molecule has 1 amide bonds. The standard InChI is InChI=1S/C15H26N4O2S/c1-4-14-16-9-13(22-14)15(21)18(3)10-12(20)11-19-7-5-17(2)6-8-19/h9,12,20H,4-8,10-11H2,1-3H3. The van der Waals surface area contributed by atoms with Crippen LogP contribution >= 0.6 is 11.3 Å². The molecule has 1 atom stereocenters. The molecule has 1 unspecified atom stereocenters. The van der Waals surface area contributed by atoms with E-state index >= 15 is 0 Å². The van der Waals surface area contributed by atoms with E-state index in [4.69, 9.17) is 0 Å². The van der Waals surface area contributed by atoms with Crippen molar-refractivity contribution in [3.8, 4) is 0 Å². The third-order valence-electron chi connectivity index (χ3n) is 3.96. The summed E-state index contributed by atoms with van der Waals surface area (Å²) in [5.74, 6) is -0.0605. The molecular formula is C15H26N4O2S. The zero-order valence-electron chi connectivity index (χ0n) is 13.7. The van der Waals surface area contributed by atoms with Crippen molar-refractivity contribution in [3.05, 3.63) is 16.1 Å². The fourth-order valence-corrected chi connectivity index (χ4v) is 3.40. The summed E-state index contributed by atoms with van der Waals surface area (Å²) in [6.45, 7) is 7.00. The molecular weight excluding hydrogens is 300 g/mol. The Balaban J connectivity index is 1.80. The minimum atomic E-state index is -0.518. The van der Waals surface area contributed by atoms with Crippen LogP contribution in [0.25, 0.3) is 0 Å². The summed E-state index contributed by atoms with van der Waals surface area (Å²) in [5, 5.41) is 11.2. The Labute approximate surface area is 136 Å². The van der Waals surface area contributed by atoms with E-state index in [1.54, 1.807) is 18.1 Å². The number of rotatable bonds is 6. The third-order valence-corrected chi connectivity index (χ3v) is 5.09. The number of nitrogens with zero attached hydrogens (tertiary/aromatic N) is 4. The van der Waals surface area contributed by atoms with Crippen LogP contribution in [0.3, 0.4) is 0 Å². The largest absolute Gasteiger partial charge is 0.390 e. The SMILES string of the molecule is CCc1ncc(C(=O)N(C)CC(O)CN2CCN(C)CC2)s1. The maximum absolute atomic E-state index is 12.3. The number of likely N-dealkylation sites (N-methyl/N-ethyl adjacent to an activating group) is 2. The number of aryl methyl sites for hydroxylation is 1. The van der Waals surface area contributed by atoms with Gasteiger partial charge >= 0.3 is 0 Å². The Morgan fingerprint density at radius 2 is 2.14 bits per heavy atom. The van der Waals surface area contributed by atoms with Crippen molar-refractivity contribution in [3.63, 3.8) is 0 Å². The van der Waals surface area contributed by atoms with Gasteiger partial charge in [-0.25, -0.2) is 4.98 Å². The third kappa shape index (κ3) is 4.74. The number of hydrogen-bond acceptors (Lipinski definition) is 6. The molecule has 2 heterocycles. The number of aliphatic hydroxyl groups is 1. The van der Waals surface area contributed by atoms with Crippen molar-refractivity contribution in [2.24, 2.45) is 0 Å². The summed E-state index contributed by atoms with van der Waals surface area (Å²) in [6, 6.07) is 0. The van der Waals surface area contributed by atoms with E-state index in [9.17, 15) is 9.90 Å². The molecule has 1 saturated heterocycles. The molecule has 1 aromatic heterocycles. The average Bonchev–Trinajstić information content (AvgIpc) is 2.97. The molecule has 7 heteroatoms. The predicted octanol–water partition coefficient (Wildman–Crippen LogP) is 0.386. The summed E-state index contributed by atoms with van der Waals surface area (Å²) in [6.07, 6.45) is 1.96. The zero-order chi connectivity index (χ0) is 16.1. The Hall–Kier alpha value is -1.02. The van der Waals surface area contributed by atoms with Crippen molar-refractivity contribution >= 4 is 17.2 Å². The van der Waals surface area contributed by atoms with E-state index in [0.29, 0.717) is 18.0 Å². The minimum Gasteiger partial charge on any atom is -0.390 e. The van der Waals surface area contributed by atoms with E-state index in [2.05, 4.69) is 21.8 Å². The van der Waals surface area contributed by atoms with Gasteiger partial charge in [0.1, 0.15) is 4.88 Å². The molecule has 1 aromatic rings. The van der Waals surface area contributed by atoms with E-state index in [-0.39, 0.29) is 5.91 Å². The first kappa shape index (κ1) is 17.3. The van der Waals surface area contributed by atoms with Crippen LogP contribution in [0.4, 0.5) is 0 Å². The molecule has 6 nitrogen and oxygen atoms in total. The van der Waals surface area contributed by atoms with Crippen LogP contribution in [0.2, 0.25) is 0 Å². The summed E-state index contributed by atoms with van der Waals surface area (Å²) in [4.78, 5) is 23.3. The van der Waals surface area contributed by atoms with Crippen LogP contribution in [0.1, 0.15) is 21.6 Å². The summed E-state index contributed by atoms with van der Waals surface area (Å²) in [7, 11) is 3.85. The molecule has 0 aliphatic carbocycles. The van der Waals surface area contributed by atoms with E-state index in [1.165, 1.54) is 11.3 Å². The number of β-amino-alcohol motifs (C(OH)–C–C–N with tert-alkyl or cyclic N) is 1. The number of thiazole rings is 1. The van der Waals surface area contributed by atoms with Gasteiger partial charge in [-0.15, -0.1) is 11.3 Å². The van der Waals surface area contributed by atoms with Crippen LogP contribution in [0.15, 0.2) is 6.20 Å². The fraction of sp³-hybridized carbons (Fsp3) is 0.733. The number of carbonyl (C=O) groups is 1. The van der Waals surface area contributed by atoms with Crippen LogP contribution in [0.5, 0.6) is 0 Å². The van der Waals surface area contributed by atoms with Gasteiger partial charge < -0.3 is 14.9 Å². The maximum Gasteiger partial charge on any atom is 0.265 e. The second-order valence-corrected chi connectivity index (χ2v) is 7.03. The van der Waals surface area contributed by atoms with E-state index in [0.717, 1.165) is 37.6 Å². The molecule has 1 fully saturated rings. The highest BCUT2D eigenvalue weighted by atomic mass is 32.1.